The maximum Gasteiger partial charge on any atom is 0.403 e. The zero-order valence-corrected chi connectivity index (χ0v) is 26.5. The van der Waals surface area contributed by atoms with Crippen LogP contribution in [0.25, 0.3) is 33.2 Å². The third-order valence-corrected chi connectivity index (χ3v) is 8.30. The summed E-state index contributed by atoms with van der Waals surface area (Å²) in [6.07, 6.45) is -9.25. The smallest absolute Gasteiger partial charge is 0.403 e. The Morgan fingerprint density at radius 1 is 0.875 bits per heavy atom. The molecule has 0 unspecified atom stereocenters. The van der Waals surface area contributed by atoms with Gasteiger partial charge in [0.2, 0.25) is 5.91 Å². The number of ether oxygens (including phenoxy) is 2. The van der Waals surface area contributed by atoms with Crippen LogP contribution in [0.5, 0.6) is 5.75 Å². The Hall–Kier alpha value is -4.65. The van der Waals surface area contributed by atoms with Gasteiger partial charge in [-0.3, -0.25) is 19.5 Å². The largest absolute Gasteiger partial charge is 0.496 e. The van der Waals surface area contributed by atoms with E-state index in [1.165, 1.54) is 21.9 Å². The highest BCUT2D eigenvalue weighted by molar-refractivity contribution is 6.00. The van der Waals surface area contributed by atoms with Crippen molar-refractivity contribution < 1.29 is 45.4 Å². The molecule has 0 aliphatic carbocycles. The summed E-state index contributed by atoms with van der Waals surface area (Å²) < 4.78 is 86.6. The predicted molar refractivity (Wildman–Crippen MR) is 169 cm³/mol. The average molecular weight is 676 g/mol. The number of hydrogen-bond acceptors (Lipinski definition) is 6. The summed E-state index contributed by atoms with van der Waals surface area (Å²) in [4.78, 5) is 28.1. The van der Waals surface area contributed by atoms with E-state index >= 15 is 0 Å². The Balaban J connectivity index is 0.000000218. The van der Waals surface area contributed by atoms with Crippen LogP contribution in [0.3, 0.4) is 0 Å². The molecule has 3 aromatic carbocycles. The number of fused-ring (bicyclic) bond motifs is 1. The SMILES string of the molecule is COC(=O)CNC(=O)C1(C(F)(F)F)CCN(CC(F)(F)F)CC1.COc1ccc(-c2ccccn2)cc1-c1cccc2c(C)cccc12. The number of piperidine rings is 1. The maximum absolute atomic E-state index is 13.3. The van der Waals surface area contributed by atoms with E-state index in [9.17, 15) is 35.9 Å². The molecule has 1 aromatic heterocycles. The van der Waals surface area contributed by atoms with E-state index in [4.69, 9.17) is 4.74 Å². The number of carbonyl (C=O) groups is 2. The van der Waals surface area contributed by atoms with Crippen molar-refractivity contribution in [1.82, 2.24) is 15.2 Å². The molecular formula is C35H35F6N3O4. The molecule has 1 aliphatic heterocycles. The molecule has 13 heteroatoms. The lowest BCUT2D eigenvalue weighted by molar-refractivity contribution is -0.236. The lowest BCUT2D eigenvalue weighted by Crippen LogP contribution is -2.57. The monoisotopic (exact) mass is 675 g/mol. The molecule has 5 rings (SSSR count). The Labute approximate surface area is 273 Å². The number of rotatable bonds is 7. The van der Waals surface area contributed by atoms with Crippen LogP contribution >= 0.6 is 0 Å². The quantitative estimate of drug-likeness (QED) is 0.163. The number of amides is 1. The van der Waals surface area contributed by atoms with Crippen molar-refractivity contribution >= 4 is 22.6 Å². The molecule has 0 spiro atoms. The van der Waals surface area contributed by atoms with Crippen molar-refractivity contribution in [3.8, 4) is 28.1 Å². The van der Waals surface area contributed by atoms with Gasteiger partial charge in [0, 0.05) is 17.3 Å². The molecule has 48 heavy (non-hydrogen) atoms. The van der Waals surface area contributed by atoms with Crippen LogP contribution in [0.1, 0.15) is 18.4 Å². The van der Waals surface area contributed by atoms with Gasteiger partial charge in [0.1, 0.15) is 17.7 Å². The second kappa shape index (κ2) is 15.1. The third-order valence-electron chi connectivity index (χ3n) is 8.30. The molecule has 1 N–H and O–H groups in total. The number of esters is 1. The summed E-state index contributed by atoms with van der Waals surface area (Å²) in [7, 11) is 2.72. The minimum absolute atomic E-state index is 0.523. The van der Waals surface area contributed by atoms with E-state index in [1.54, 1.807) is 7.11 Å². The van der Waals surface area contributed by atoms with Crippen LogP contribution in [0.15, 0.2) is 79.0 Å². The number of nitrogens with one attached hydrogen (secondary N) is 1. The number of alkyl halides is 6. The summed E-state index contributed by atoms with van der Waals surface area (Å²) in [6, 6.07) is 25.1. The van der Waals surface area contributed by atoms with Gasteiger partial charge in [-0.05, 0) is 85.1 Å². The second-order valence-electron chi connectivity index (χ2n) is 11.3. The Bertz CT molecular complexity index is 1720. The molecule has 256 valence electrons. The number of pyridine rings is 1. The molecule has 7 nitrogen and oxygen atoms in total. The van der Waals surface area contributed by atoms with E-state index in [-0.39, 0.29) is 0 Å². The van der Waals surface area contributed by atoms with Gasteiger partial charge in [-0.2, -0.15) is 26.3 Å². The van der Waals surface area contributed by atoms with E-state index < -0.39 is 68.7 Å². The number of likely N-dealkylation sites (tertiary alicyclic amines) is 1. The molecule has 1 saturated heterocycles. The molecule has 2 heterocycles. The molecule has 0 bridgehead atoms. The molecule has 0 radical (unpaired) electrons. The Kier molecular flexibility index (Phi) is 11.4. The number of methoxy groups -OCH3 is 2. The van der Waals surface area contributed by atoms with Crippen molar-refractivity contribution in [3.63, 3.8) is 0 Å². The zero-order chi connectivity index (χ0) is 35.1. The van der Waals surface area contributed by atoms with E-state index in [1.807, 2.05) is 35.8 Å². The fourth-order valence-corrected chi connectivity index (χ4v) is 5.69. The summed E-state index contributed by atoms with van der Waals surface area (Å²) in [5.41, 5.74) is 2.78. The van der Waals surface area contributed by atoms with E-state index in [2.05, 4.69) is 65.2 Å². The van der Waals surface area contributed by atoms with Crippen LogP contribution in [-0.2, 0) is 14.3 Å². The Morgan fingerprint density at radius 3 is 2.17 bits per heavy atom. The summed E-state index contributed by atoms with van der Waals surface area (Å²) in [5.74, 6) is -1.49. The highest BCUT2D eigenvalue weighted by atomic mass is 19.4. The van der Waals surface area contributed by atoms with Gasteiger partial charge in [-0.25, -0.2) is 0 Å². The molecule has 0 saturated carbocycles. The predicted octanol–water partition coefficient (Wildman–Crippen LogP) is 7.37. The van der Waals surface area contributed by atoms with Crippen molar-refractivity contribution in [3.05, 3.63) is 84.6 Å². The first-order valence-corrected chi connectivity index (χ1v) is 15.0. The van der Waals surface area contributed by atoms with Crippen molar-refractivity contribution in [2.45, 2.75) is 32.1 Å². The summed E-state index contributed by atoms with van der Waals surface area (Å²) >= 11 is 0. The van der Waals surface area contributed by atoms with Gasteiger partial charge in [0.25, 0.3) is 0 Å². The van der Waals surface area contributed by atoms with Crippen LogP contribution in [0.4, 0.5) is 26.3 Å². The first-order valence-electron chi connectivity index (χ1n) is 15.0. The topological polar surface area (TPSA) is 80.8 Å². The fraction of sp³-hybridized carbons (Fsp3) is 0.343. The number of aryl methyl sites for hydroxylation is 1. The van der Waals surface area contributed by atoms with Crippen molar-refractivity contribution in [2.24, 2.45) is 5.41 Å². The number of benzene rings is 3. The third kappa shape index (κ3) is 8.43. The van der Waals surface area contributed by atoms with Gasteiger partial charge in [-0.15, -0.1) is 0 Å². The Morgan fingerprint density at radius 2 is 1.56 bits per heavy atom. The van der Waals surface area contributed by atoms with Crippen molar-refractivity contribution in [1.29, 1.82) is 0 Å². The molecule has 1 amide bonds. The zero-order valence-electron chi connectivity index (χ0n) is 26.5. The average Bonchev–Trinajstić information content (AvgIpc) is 3.06. The maximum atomic E-state index is 13.3. The minimum Gasteiger partial charge on any atom is -0.496 e. The number of hydrogen-bond donors (Lipinski definition) is 1. The molecule has 4 aromatic rings. The van der Waals surface area contributed by atoms with Gasteiger partial charge in [-0.1, -0.05) is 42.5 Å². The summed E-state index contributed by atoms with van der Waals surface area (Å²) in [6.45, 7) is -0.965. The first-order chi connectivity index (χ1) is 22.7. The van der Waals surface area contributed by atoms with Gasteiger partial charge >= 0.3 is 18.3 Å². The molecule has 1 aliphatic rings. The van der Waals surface area contributed by atoms with Crippen LogP contribution in [-0.4, -0.2) is 74.5 Å². The lowest BCUT2D eigenvalue weighted by atomic mass is 9.76. The number of nitrogens with zero attached hydrogens (tertiary/aromatic N) is 2. The molecule has 1 fully saturated rings. The van der Waals surface area contributed by atoms with Gasteiger partial charge in [0.15, 0.2) is 0 Å². The number of carbonyl (C=O) groups excluding carboxylic acids is 2. The minimum atomic E-state index is -4.93. The lowest BCUT2D eigenvalue weighted by Gasteiger charge is -2.41. The standard InChI is InChI=1S/C23H19NO.C12H16F6N2O3/c1-16-7-5-9-19-18(16)8-6-10-20(19)21-15-17(12-13-23(21)25-2)22-11-3-4-14-24-22;1-23-8(21)6-19-9(22)10(12(16,17)18)2-4-20(5-3-10)7-11(13,14)15/h3-15H,1-2H3;2-7H2,1H3,(H,19,22). The van der Waals surface area contributed by atoms with Gasteiger partial charge in [0.05, 0.1) is 26.5 Å². The number of aromatic nitrogens is 1. The normalized spacial score (nSPS) is 14.9. The van der Waals surface area contributed by atoms with Crippen LogP contribution < -0.4 is 10.1 Å². The molecular weight excluding hydrogens is 640 g/mol. The van der Waals surface area contributed by atoms with E-state index in [0.717, 1.165) is 34.6 Å². The number of halogens is 6. The fourth-order valence-electron chi connectivity index (χ4n) is 5.69. The van der Waals surface area contributed by atoms with Crippen LogP contribution in [0.2, 0.25) is 0 Å². The molecule has 0 atom stereocenters. The first kappa shape index (κ1) is 36.2. The highest BCUT2D eigenvalue weighted by Gasteiger charge is 2.61. The summed E-state index contributed by atoms with van der Waals surface area (Å²) in [5, 5.41) is 4.34. The van der Waals surface area contributed by atoms with E-state index in [0.29, 0.717) is 0 Å². The highest BCUT2D eigenvalue weighted by Crippen LogP contribution is 2.47. The van der Waals surface area contributed by atoms with Crippen LogP contribution in [0, 0.1) is 12.3 Å². The van der Waals surface area contributed by atoms with Gasteiger partial charge < -0.3 is 14.8 Å². The van der Waals surface area contributed by atoms with Crippen molar-refractivity contribution in [2.75, 3.05) is 40.4 Å². The second-order valence-corrected chi connectivity index (χ2v) is 11.3.